The number of nitrogens with zero attached hydrogens (tertiary/aromatic N) is 4. The van der Waals surface area contributed by atoms with Crippen molar-refractivity contribution in [1.82, 2.24) is 5.43 Å². The highest BCUT2D eigenvalue weighted by Gasteiger charge is 2.37. The maximum Gasteiger partial charge on any atom is 0.370 e. The first-order valence-corrected chi connectivity index (χ1v) is 65.9. The van der Waals surface area contributed by atoms with E-state index in [1.165, 1.54) is 503 Å². The summed E-state index contributed by atoms with van der Waals surface area (Å²) in [5.74, 6) is 7.33. The second-order valence-corrected chi connectivity index (χ2v) is 46.4. The molecule has 2 amide bonds. The molecule has 0 fully saturated rings. The summed E-state index contributed by atoms with van der Waals surface area (Å²) in [6, 6.07) is 12.7. The van der Waals surface area contributed by atoms with Gasteiger partial charge in [0.05, 0.1) is 51.0 Å². The van der Waals surface area contributed by atoms with Crippen LogP contribution in [0.15, 0.2) is 56.2 Å². The molecule has 1 heterocycles. The van der Waals surface area contributed by atoms with Crippen LogP contribution >= 0.6 is 35.3 Å². The van der Waals surface area contributed by atoms with Crippen LogP contribution in [0.2, 0.25) is 0 Å². The average Bonchev–Trinajstić information content (AvgIpc) is 0.759. The van der Waals surface area contributed by atoms with Crippen LogP contribution in [-0.2, 0) is 0 Å². The smallest absolute Gasteiger partial charge is 0.370 e. The minimum atomic E-state index is -0.350. The molecule has 0 N–H and O–H groups in total. The molecule has 0 atom stereocenters. The molecule has 1 radical (unpaired) electrons. The van der Waals surface area contributed by atoms with Crippen LogP contribution in [-0.4, -0.2) is 68.8 Å². The molecule has 0 saturated heterocycles. The zero-order valence-corrected chi connectivity index (χ0v) is 97.8. The maximum absolute atomic E-state index is 17.1. The minimum absolute atomic E-state index is 0.350. The van der Waals surface area contributed by atoms with Crippen LogP contribution in [0.25, 0.3) is 0 Å². The van der Waals surface area contributed by atoms with E-state index in [4.69, 9.17) is 38.9 Å². The molecule has 0 aromatic heterocycles. The van der Waals surface area contributed by atoms with E-state index in [-0.39, 0.29) is 6.03 Å². The number of thioether (sulfide) groups is 3. The van der Waals surface area contributed by atoms with Gasteiger partial charge in [-0.15, -0.1) is 45.8 Å². The Labute approximate surface area is 894 Å². The number of carbonyl (C=O) groups excluding carboxylic acids is 1. The van der Waals surface area contributed by atoms with E-state index < -0.39 is 0 Å². The third-order valence-corrected chi connectivity index (χ3v) is 33.0. The number of urea groups is 1. The molecule has 0 bridgehead atoms. The molecule has 0 aliphatic carbocycles. The summed E-state index contributed by atoms with van der Waals surface area (Å²) in [6.07, 6.45) is 114. The molecule has 1 aliphatic rings. The molecule has 823 valence electrons. The lowest BCUT2D eigenvalue weighted by molar-refractivity contribution is 0.234. The van der Waals surface area contributed by atoms with Gasteiger partial charge in [-0.2, -0.15) is 10.0 Å². The Morgan fingerprint density at radius 1 is 0.204 bits per heavy atom. The molecule has 0 saturated carbocycles. The van der Waals surface area contributed by atoms with Gasteiger partial charge in [0.1, 0.15) is 0 Å². The second kappa shape index (κ2) is 99.2. The maximum atomic E-state index is 17.1. The first-order chi connectivity index (χ1) is 70.3. The van der Waals surface area contributed by atoms with Crippen LogP contribution in [0.4, 0.5) is 16.2 Å². The number of unbranched alkanes of at least 4 members (excludes halogenated alkanes) is 81. The van der Waals surface area contributed by atoms with E-state index in [9.17, 15) is 0 Å². The number of hydrogen-bond acceptors (Lipinski definition) is 11. The topological polar surface area (TPSA) is 105 Å². The number of rotatable bonds is 111. The van der Waals surface area contributed by atoms with Crippen LogP contribution in [0.1, 0.15) is 646 Å². The molecule has 0 unspecified atom stereocenters. The Bertz CT molecular complexity index is 3160. The lowest BCUT2D eigenvalue weighted by Crippen LogP contribution is -2.52. The minimum Gasteiger partial charge on any atom is -0.490 e. The van der Waals surface area contributed by atoms with Crippen molar-refractivity contribution in [2.75, 3.05) is 66.9 Å². The third kappa shape index (κ3) is 69.6. The number of hydrogen-bond donors (Lipinski definition) is 0. The normalized spacial score (nSPS) is 12.3. The first-order valence-electron chi connectivity index (χ1n) is 63.0. The number of anilines is 2. The quantitative estimate of drug-likeness (QED) is 0.0401. The number of benzene rings is 3. The molecule has 11 nitrogen and oxygen atoms in total. The van der Waals surface area contributed by atoms with Gasteiger partial charge in [-0.25, -0.2) is 4.79 Å². The summed E-state index contributed by atoms with van der Waals surface area (Å²) in [7, 11) is 0. The van der Waals surface area contributed by atoms with Gasteiger partial charge >= 0.3 is 6.03 Å². The van der Waals surface area contributed by atoms with Gasteiger partial charge < -0.3 is 28.4 Å². The van der Waals surface area contributed by atoms with Crippen LogP contribution in [0, 0.1) is 0 Å². The van der Waals surface area contributed by atoms with E-state index in [0.717, 1.165) is 113 Å². The lowest BCUT2D eigenvalue weighted by atomic mass is 10.1. The van der Waals surface area contributed by atoms with Crippen LogP contribution < -0.4 is 43.9 Å². The molecule has 14 heteroatoms. The Hall–Kier alpha value is -3.75. The Morgan fingerprint density at radius 3 is 0.613 bits per heavy atom. The fraction of sp³-hybridized carbons (Fsp3) is 0.844. The van der Waals surface area contributed by atoms with Gasteiger partial charge in [0.2, 0.25) is 17.3 Å². The van der Waals surface area contributed by atoms with E-state index in [2.05, 4.69) is 110 Å². The third-order valence-electron chi connectivity index (χ3n) is 29.3. The van der Waals surface area contributed by atoms with Gasteiger partial charge in [0, 0.05) is 32.4 Å². The predicted octanol–water partition coefficient (Wildman–Crippen LogP) is 44.9. The van der Waals surface area contributed by atoms with Gasteiger partial charge in [-0.1, -0.05) is 582 Å². The molecule has 3 aromatic rings. The molecular weight excluding hydrogens is 1800 g/mol. The fourth-order valence-corrected chi connectivity index (χ4v) is 23.7. The molecule has 4 rings (SSSR count). The largest absolute Gasteiger partial charge is 0.490 e. The number of carbonyl (C=O) groups is 1. The highest BCUT2D eigenvalue weighted by molar-refractivity contribution is 8.03. The summed E-state index contributed by atoms with van der Waals surface area (Å²) in [5.41, 5.74) is 7.75. The van der Waals surface area contributed by atoms with Gasteiger partial charge in [-0.05, 0) is 99.3 Å². The number of ether oxygens (including phenoxy) is 6. The molecule has 3 aromatic carbocycles. The summed E-state index contributed by atoms with van der Waals surface area (Å²) >= 11 is 6.11. The Balaban J connectivity index is 2.12. The zero-order valence-electron chi connectivity index (χ0n) is 95.3. The molecule has 1 aliphatic heterocycles. The first kappa shape index (κ1) is 131. The van der Waals surface area contributed by atoms with Gasteiger partial charge in [-0.3, -0.25) is 0 Å². The van der Waals surface area contributed by atoms with Gasteiger partial charge in [0.15, 0.2) is 23.0 Å². The van der Waals surface area contributed by atoms with Crippen molar-refractivity contribution in [3.8, 4) is 34.5 Å². The van der Waals surface area contributed by atoms with E-state index >= 15 is 4.79 Å². The predicted molar refractivity (Wildman–Crippen MR) is 630 cm³/mol. The molecule has 0 spiro atoms. The van der Waals surface area contributed by atoms with Crippen molar-refractivity contribution < 1.29 is 33.2 Å². The average molecular weight is 2030 g/mol. The Morgan fingerprint density at radius 2 is 0.387 bits per heavy atom. The number of amides is 2. The van der Waals surface area contributed by atoms with Crippen molar-refractivity contribution in [1.29, 1.82) is 0 Å². The van der Waals surface area contributed by atoms with Crippen molar-refractivity contribution in [2.45, 2.75) is 655 Å². The highest BCUT2D eigenvalue weighted by atomic mass is 32.2. The van der Waals surface area contributed by atoms with Crippen molar-refractivity contribution in [3.05, 3.63) is 42.0 Å². The second-order valence-electron chi connectivity index (χ2n) is 43.0. The van der Waals surface area contributed by atoms with Crippen molar-refractivity contribution >= 4 is 58.5 Å². The van der Waals surface area contributed by atoms with Crippen molar-refractivity contribution in [3.63, 3.8) is 0 Å². The number of hydrazone groups is 1. The fourth-order valence-electron chi connectivity index (χ4n) is 19.9. The molecule has 142 heavy (non-hydrogen) atoms. The lowest BCUT2D eigenvalue weighted by Gasteiger charge is -2.33. The number of amidine groups is 1. The summed E-state index contributed by atoms with van der Waals surface area (Å²) < 4.78 is 43.3. The summed E-state index contributed by atoms with van der Waals surface area (Å²) in [6.45, 7) is 24.1. The highest BCUT2D eigenvalue weighted by Crippen LogP contribution is 2.48. The summed E-state index contributed by atoms with van der Waals surface area (Å²) in [5, 5.41) is 9.03. The monoisotopic (exact) mass is 2030 g/mol. The Kier molecular flexibility index (Phi) is 91.2. The SMILES string of the molecule is CCCCCCCCCCCCOc1cc(C2=NN(c3cc(OCCCCCCCCCCCC)c(OCCCCCCCCCCCC)c(OCCCCCCCCCCCC)c3)C(=O)N(c3cc(SCCCCCCCCCCCC)c(SCCCCCCCCCCCC)c(SCCCCCCCCCCCC)c3)[N]2)cc(OCCCCCCCCCCCC)c1OCCCCCCCCCCCC. The molecular formula is C128H231N4O7S3. The van der Waals surface area contributed by atoms with Crippen LogP contribution in [0.3, 0.4) is 0 Å². The summed E-state index contributed by atoms with van der Waals surface area (Å²) in [4.78, 5) is 21.0. The zero-order chi connectivity index (χ0) is 101. The van der Waals surface area contributed by atoms with Crippen LogP contribution in [0.5, 0.6) is 34.5 Å². The van der Waals surface area contributed by atoms with E-state index in [1.807, 2.05) is 23.5 Å². The van der Waals surface area contributed by atoms with E-state index in [1.54, 1.807) is 10.0 Å². The standard InChI is InChI=1S/C128H231N4O7S3/c1-10-19-28-37-46-55-64-73-82-91-100-134-118-109-115(110-119(135-101-92-83-74-65-56-47-38-29-20-11-2)124(118)138-104-95-86-77-68-59-50-41-32-23-14-5)127-129-131(116-111-120(136-102-93-84-75-66-57-48-39-30-21-12-3)125(139-105-96-87-78-69-60-51-42-33-24-15-6)121(112-116)137-103-94-85-76-67-58-49-40-31-22-13-4)128(133)132(130-127)117-113-122(140-106-97-88-79-70-61-52-43-34-25-16-7)126(142-108-99-90-81-72-63-54-45-36-27-18-9)123(114-117)141-107-98-89-80-71-62-53-44-35-26-17-8/h109-114H,10-108H2,1-9H3. The van der Waals surface area contributed by atoms with Crippen molar-refractivity contribution in [2.24, 2.45) is 5.10 Å². The van der Waals surface area contributed by atoms with E-state index in [0.29, 0.717) is 91.2 Å². The van der Waals surface area contributed by atoms with Gasteiger partial charge in [0.25, 0.3) is 0 Å².